The van der Waals surface area contributed by atoms with Crippen molar-refractivity contribution in [3.05, 3.63) is 65.7 Å². The van der Waals surface area contributed by atoms with Gasteiger partial charge < -0.3 is 9.64 Å². The van der Waals surface area contributed by atoms with E-state index in [1.807, 2.05) is 49.4 Å². The second kappa shape index (κ2) is 10.4. The Hall–Kier alpha value is -3.59. The maximum Gasteiger partial charge on any atom is 0.330 e. The molecular weight excluding hydrogens is 420 g/mol. The second-order valence-electron chi connectivity index (χ2n) is 8.23. The molecule has 3 aromatic rings. The molecule has 9 nitrogen and oxygen atoms in total. The van der Waals surface area contributed by atoms with E-state index in [4.69, 9.17) is 4.74 Å². The van der Waals surface area contributed by atoms with Crippen LogP contribution in [-0.4, -0.2) is 74.2 Å². The Bertz CT molecular complexity index is 1080. The number of hydrogen-bond donors (Lipinski definition) is 0. The van der Waals surface area contributed by atoms with Gasteiger partial charge in [-0.05, 0) is 24.6 Å². The van der Waals surface area contributed by atoms with Crippen molar-refractivity contribution < 1.29 is 14.3 Å². The zero-order chi connectivity index (χ0) is 23.2. The van der Waals surface area contributed by atoms with Gasteiger partial charge in [-0.3, -0.25) is 9.69 Å². The van der Waals surface area contributed by atoms with Crippen LogP contribution in [0.5, 0.6) is 0 Å². The molecule has 1 aromatic heterocycles. The largest absolute Gasteiger partial charge is 0.451 e. The molecule has 9 heteroatoms. The summed E-state index contributed by atoms with van der Waals surface area (Å²) in [6, 6.07) is 18.0. The van der Waals surface area contributed by atoms with Crippen molar-refractivity contribution in [3.8, 4) is 11.4 Å². The van der Waals surface area contributed by atoms with Crippen LogP contribution in [0.1, 0.15) is 18.1 Å². The summed E-state index contributed by atoms with van der Waals surface area (Å²) in [4.78, 5) is 30.3. The molecule has 1 atom stereocenters. The molecule has 0 spiro atoms. The maximum absolute atomic E-state index is 12.7. The van der Waals surface area contributed by atoms with Crippen molar-refractivity contribution in [2.24, 2.45) is 0 Å². The molecule has 0 aliphatic carbocycles. The van der Waals surface area contributed by atoms with Gasteiger partial charge in [-0.15, -0.1) is 10.2 Å². The van der Waals surface area contributed by atoms with E-state index in [0.717, 1.165) is 30.8 Å². The molecule has 4 rings (SSSR count). The third-order valence-corrected chi connectivity index (χ3v) is 5.62. The van der Waals surface area contributed by atoms with Crippen molar-refractivity contribution in [1.82, 2.24) is 30.0 Å². The lowest BCUT2D eigenvalue weighted by molar-refractivity contribution is -0.160. The monoisotopic (exact) mass is 448 g/mol. The molecule has 1 aliphatic rings. The Morgan fingerprint density at radius 3 is 2.39 bits per heavy atom. The lowest BCUT2D eigenvalue weighted by Gasteiger charge is -2.35. The molecule has 1 saturated heterocycles. The molecule has 2 aromatic carbocycles. The Morgan fingerprint density at radius 2 is 1.70 bits per heavy atom. The van der Waals surface area contributed by atoms with E-state index in [2.05, 4.69) is 32.4 Å². The van der Waals surface area contributed by atoms with Gasteiger partial charge in [-0.2, -0.15) is 4.80 Å². The molecule has 2 heterocycles. The van der Waals surface area contributed by atoms with Crippen LogP contribution in [-0.2, 0) is 27.4 Å². The summed E-state index contributed by atoms with van der Waals surface area (Å²) < 4.78 is 5.35. The third kappa shape index (κ3) is 6.01. The minimum absolute atomic E-state index is 0.186. The van der Waals surface area contributed by atoms with Gasteiger partial charge in [0.25, 0.3) is 5.91 Å². The van der Waals surface area contributed by atoms with Gasteiger partial charge in [-0.25, -0.2) is 4.79 Å². The number of aromatic nitrogens is 4. The van der Waals surface area contributed by atoms with E-state index >= 15 is 0 Å². The molecule has 0 saturated carbocycles. The SMILES string of the molecule is Cc1ccc(-c2nnn(CC(=O)OC(C)C(=O)N3CCN(Cc4ccccc4)CC3)n2)cc1. The number of hydrogen-bond acceptors (Lipinski definition) is 7. The molecule has 1 amide bonds. The normalized spacial score (nSPS) is 15.3. The molecule has 1 fully saturated rings. The Morgan fingerprint density at radius 1 is 1.00 bits per heavy atom. The topological polar surface area (TPSA) is 93.5 Å². The first-order valence-corrected chi connectivity index (χ1v) is 11.1. The Labute approximate surface area is 192 Å². The van der Waals surface area contributed by atoms with Gasteiger partial charge in [0.05, 0.1) is 0 Å². The molecule has 0 bridgehead atoms. The number of esters is 1. The lowest BCUT2D eigenvalue weighted by atomic mass is 10.1. The van der Waals surface area contributed by atoms with E-state index in [1.165, 1.54) is 10.4 Å². The first-order chi connectivity index (χ1) is 16.0. The van der Waals surface area contributed by atoms with Gasteiger partial charge in [0, 0.05) is 38.3 Å². The summed E-state index contributed by atoms with van der Waals surface area (Å²) in [6.07, 6.45) is -0.863. The smallest absolute Gasteiger partial charge is 0.330 e. The quantitative estimate of drug-likeness (QED) is 0.510. The lowest BCUT2D eigenvalue weighted by Crippen LogP contribution is -2.51. The Kier molecular flexibility index (Phi) is 7.09. The van der Waals surface area contributed by atoms with Crippen molar-refractivity contribution >= 4 is 11.9 Å². The van der Waals surface area contributed by atoms with Crippen LogP contribution < -0.4 is 0 Å². The van der Waals surface area contributed by atoms with Crippen LogP contribution in [0.4, 0.5) is 0 Å². The number of carbonyl (C=O) groups excluding carboxylic acids is 2. The summed E-state index contributed by atoms with van der Waals surface area (Å²) in [5.41, 5.74) is 3.20. The van der Waals surface area contributed by atoms with Crippen LogP contribution in [0, 0.1) is 6.92 Å². The van der Waals surface area contributed by atoms with Crippen molar-refractivity contribution in [1.29, 1.82) is 0 Å². The number of rotatable bonds is 7. The summed E-state index contributed by atoms with van der Waals surface area (Å²) in [5, 5.41) is 12.1. The number of piperazine rings is 1. The molecule has 33 heavy (non-hydrogen) atoms. The molecular formula is C24H28N6O3. The van der Waals surface area contributed by atoms with Gasteiger partial charge >= 0.3 is 5.97 Å². The molecule has 172 valence electrons. The van der Waals surface area contributed by atoms with E-state index in [0.29, 0.717) is 18.9 Å². The zero-order valence-electron chi connectivity index (χ0n) is 18.9. The number of amides is 1. The van der Waals surface area contributed by atoms with E-state index in [9.17, 15) is 9.59 Å². The van der Waals surface area contributed by atoms with Crippen molar-refractivity contribution in [3.63, 3.8) is 0 Å². The summed E-state index contributed by atoms with van der Waals surface area (Å²) in [7, 11) is 0. The highest BCUT2D eigenvalue weighted by Gasteiger charge is 2.27. The van der Waals surface area contributed by atoms with Crippen LogP contribution in [0.2, 0.25) is 0 Å². The summed E-state index contributed by atoms with van der Waals surface area (Å²) >= 11 is 0. The Balaban J connectivity index is 1.23. The first-order valence-electron chi connectivity index (χ1n) is 11.1. The van der Waals surface area contributed by atoms with Crippen LogP contribution in [0.25, 0.3) is 11.4 Å². The molecule has 0 N–H and O–H groups in total. The predicted molar refractivity (Wildman–Crippen MR) is 122 cm³/mol. The first kappa shape index (κ1) is 22.6. The van der Waals surface area contributed by atoms with E-state index in [-0.39, 0.29) is 12.5 Å². The number of nitrogens with zero attached hydrogens (tertiary/aromatic N) is 6. The van der Waals surface area contributed by atoms with Crippen LogP contribution in [0.3, 0.4) is 0 Å². The van der Waals surface area contributed by atoms with Gasteiger partial charge in [0.2, 0.25) is 5.82 Å². The van der Waals surface area contributed by atoms with E-state index < -0.39 is 12.1 Å². The number of aryl methyl sites for hydroxylation is 1. The van der Waals surface area contributed by atoms with Gasteiger partial charge in [0.15, 0.2) is 12.6 Å². The second-order valence-corrected chi connectivity index (χ2v) is 8.23. The summed E-state index contributed by atoms with van der Waals surface area (Å²) in [5.74, 6) is -0.332. The number of benzene rings is 2. The highest BCUT2D eigenvalue weighted by Crippen LogP contribution is 2.14. The fourth-order valence-electron chi connectivity index (χ4n) is 3.75. The number of carbonyl (C=O) groups is 2. The molecule has 1 unspecified atom stereocenters. The van der Waals surface area contributed by atoms with Gasteiger partial charge in [0.1, 0.15) is 0 Å². The van der Waals surface area contributed by atoms with Gasteiger partial charge in [-0.1, -0.05) is 60.2 Å². The number of tetrazole rings is 1. The minimum Gasteiger partial charge on any atom is -0.451 e. The average Bonchev–Trinajstić information content (AvgIpc) is 3.28. The highest BCUT2D eigenvalue weighted by molar-refractivity contribution is 5.83. The fraction of sp³-hybridized carbons (Fsp3) is 0.375. The number of ether oxygens (including phenoxy) is 1. The minimum atomic E-state index is -0.863. The third-order valence-electron chi connectivity index (χ3n) is 5.62. The zero-order valence-corrected chi connectivity index (χ0v) is 18.9. The van der Waals surface area contributed by atoms with Crippen molar-refractivity contribution in [2.45, 2.75) is 33.0 Å². The fourth-order valence-corrected chi connectivity index (χ4v) is 3.75. The van der Waals surface area contributed by atoms with Crippen molar-refractivity contribution in [2.75, 3.05) is 26.2 Å². The predicted octanol–water partition coefficient (Wildman–Crippen LogP) is 1.92. The molecule has 0 radical (unpaired) electrons. The van der Waals surface area contributed by atoms with E-state index in [1.54, 1.807) is 11.8 Å². The summed E-state index contributed by atoms with van der Waals surface area (Å²) in [6.45, 7) is 7.04. The standard InChI is InChI=1S/C24H28N6O3/c1-18-8-10-21(11-9-18)23-25-27-30(26-23)17-22(31)33-19(2)24(32)29-14-12-28(13-15-29)16-20-6-4-3-5-7-20/h3-11,19H,12-17H2,1-2H3. The van der Waals surface area contributed by atoms with Crippen LogP contribution in [0.15, 0.2) is 54.6 Å². The highest BCUT2D eigenvalue weighted by atomic mass is 16.5. The average molecular weight is 449 g/mol. The van der Waals surface area contributed by atoms with Crippen LogP contribution >= 0.6 is 0 Å². The molecule has 1 aliphatic heterocycles. The maximum atomic E-state index is 12.7.